The number of H-pyrrole nitrogens is 1. The summed E-state index contributed by atoms with van der Waals surface area (Å²) in [4.78, 5) is 7.95. The lowest BCUT2D eigenvalue weighted by Gasteiger charge is -2.20. The van der Waals surface area contributed by atoms with Crippen LogP contribution in [0.3, 0.4) is 0 Å². The van der Waals surface area contributed by atoms with Crippen LogP contribution >= 0.6 is 0 Å². The molecule has 1 aliphatic heterocycles. The first-order valence-electron chi connectivity index (χ1n) is 8.20. The minimum Gasteiger partial charge on any atom is -0.386 e. The van der Waals surface area contributed by atoms with Crippen LogP contribution in [-0.4, -0.2) is 16.7 Å². The highest BCUT2D eigenvalue weighted by Gasteiger charge is 2.14. The summed E-state index contributed by atoms with van der Waals surface area (Å²) >= 11 is 0. The van der Waals surface area contributed by atoms with E-state index in [0.29, 0.717) is 6.04 Å². The molecular weight excluding hydrogens is 258 g/mol. The molecule has 1 aliphatic carbocycles. The highest BCUT2D eigenvalue weighted by molar-refractivity contribution is 6.10. The summed E-state index contributed by atoms with van der Waals surface area (Å²) < 4.78 is 0. The third-order valence-electron chi connectivity index (χ3n) is 4.43. The Labute approximate surface area is 127 Å². The van der Waals surface area contributed by atoms with Crippen LogP contribution < -0.4 is 5.32 Å². The molecule has 21 heavy (non-hydrogen) atoms. The maximum Gasteiger partial charge on any atom is 0.0875 e. The topological polar surface area (TPSA) is 40.2 Å². The molecule has 1 aromatic heterocycles. The molecule has 0 unspecified atom stereocenters. The first kappa shape index (κ1) is 14.2. The van der Waals surface area contributed by atoms with Crippen molar-refractivity contribution in [3.05, 3.63) is 47.6 Å². The van der Waals surface area contributed by atoms with Crippen LogP contribution in [0.1, 0.15) is 57.6 Å². The standard InChI is InChI=1S/C18H25N3/c1-14-12-17(16-10-7-11-19-16)21-18(14)13-20-15-8-5-3-2-4-6-9-15/h7,10-13,15,19-20H,2-6,8-9H2,1H3/b18-13+. The van der Waals surface area contributed by atoms with Gasteiger partial charge in [0.1, 0.15) is 0 Å². The maximum atomic E-state index is 4.73. The molecule has 0 saturated heterocycles. The van der Waals surface area contributed by atoms with Gasteiger partial charge in [-0.2, -0.15) is 0 Å². The highest BCUT2D eigenvalue weighted by Crippen LogP contribution is 2.22. The van der Waals surface area contributed by atoms with Gasteiger partial charge in [-0.05, 0) is 43.5 Å². The van der Waals surface area contributed by atoms with E-state index in [2.05, 4.69) is 35.6 Å². The third-order valence-corrected chi connectivity index (χ3v) is 4.43. The highest BCUT2D eigenvalue weighted by atomic mass is 14.9. The number of hydrogen-bond acceptors (Lipinski definition) is 2. The Morgan fingerprint density at radius 2 is 1.95 bits per heavy atom. The maximum absolute atomic E-state index is 4.73. The van der Waals surface area contributed by atoms with Gasteiger partial charge >= 0.3 is 0 Å². The first-order valence-corrected chi connectivity index (χ1v) is 8.20. The van der Waals surface area contributed by atoms with Crippen LogP contribution in [0.15, 0.2) is 46.9 Å². The van der Waals surface area contributed by atoms with Crippen molar-refractivity contribution in [1.82, 2.24) is 10.3 Å². The summed E-state index contributed by atoms with van der Waals surface area (Å²) in [7, 11) is 0. The van der Waals surface area contributed by atoms with E-state index in [1.807, 2.05) is 12.3 Å². The summed E-state index contributed by atoms with van der Waals surface area (Å²) in [6.07, 6.45) is 15.7. The predicted molar refractivity (Wildman–Crippen MR) is 88.4 cm³/mol. The molecule has 0 spiro atoms. The molecule has 3 nitrogen and oxygen atoms in total. The summed E-state index contributed by atoms with van der Waals surface area (Å²) in [6, 6.07) is 4.69. The number of allylic oxidation sites excluding steroid dienone is 2. The molecule has 0 bridgehead atoms. The van der Waals surface area contributed by atoms with Crippen molar-refractivity contribution >= 4 is 5.71 Å². The molecule has 0 amide bonds. The Bertz CT molecular complexity index is 541. The fourth-order valence-electron chi connectivity index (χ4n) is 3.12. The van der Waals surface area contributed by atoms with Gasteiger partial charge in [-0.3, -0.25) is 0 Å². The van der Waals surface area contributed by atoms with Crippen molar-refractivity contribution < 1.29 is 0 Å². The van der Waals surface area contributed by atoms with Crippen molar-refractivity contribution in [3.8, 4) is 0 Å². The number of nitrogens with one attached hydrogen (secondary N) is 2. The van der Waals surface area contributed by atoms with E-state index in [0.717, 1.165) is 17.1 Å². The van der Waals surface area contributed by atoms with Gasteiger partial charge in [0, 0.05) is 18.4 Å². The van der Waals surface area contributed by atoms with Crippen molar-refractivity contribution in [1.29, 1.82) is 0 Å². The van der Waals surface area contributed by atoms with Crippen molar-refractivity contribution in [2.45, 2.75) is 57.9 Å². The SMILES string of the molecule is CC1=CC(c2ccc[nH]2)=N/C1=C/NC1CCCCCCC1. The lowest BCUT2D eigenvalue weighted by atomic mass is 9.97. The van der Waals surface area contributed by atoms with Gasteiger partial charge in [0.25, 0.3) is 0 Å². The molecule has 112 valence electrons. The fraction of sp³-hybridized carbons (Fsp3) is 0.500. The van der Waals surface area contributed by atoms with Crippen LogP contribution in [0, 0.1) is 0 Å². The first-order chi connectivity index (χ1) is 10.3. The second kappa shape index (κ2) is 6.79. The zero-order chi connectivity index (χ0) is 14.5. The van der Waals surface area contributed by atoms with E-state index in [4.69, 9.17) is 4.99 Å². The molecule has 1 aromatic rings. The van der Waals surface area contributed by atoms with Crippen molar-refractivity contribution in [2.75, 3.05) is 0 Å². The van der Waals surface area contributed by atoms with E-state index < -0.39 is 0 Å². The molecule has 0 atom stereocenters. The number of aromatic amines is 1. The molecule has 2 heterocycles. The number of aromatic nitrogens is 1. The van der Waals surface area contributed by atoms with Crippen LogP contribution in [0.25, 0.3) is 0 Å². The van der Waals surface area contributed by atoms with Crippen LogP contribution in [0.5, 0.6) is 0 Å². The van der Waals surface area contributed by atoms with E-state index in [1.165, 1.54) is 50.5 Å². The molecule has 2 aliphatic rings. The minimum atomic E-state index is 0.621. The summed E-state index contributed by atoms with van der Waals surface area (Å²) in [5, 5.41) is 3.61. The number of nitrogens with zero attached hydrogens (tertiary/aromatic N) is 1. The summed E-state index contributed by atoms with van der Waals surface area (Å²) in [5.74, 6) is 0. The van der Waals surface area contributed by atoms with Crippen molar-refractivity contribution in [2.24, 2.45) is 4.99 Å². The molecule has 1 saturated carbocycles. The number of hydrogen-bond donors (Lipinski definition) is 2. The van der Waals surface area contributed by atoms with Crippen LogP contribution in [0.2, 0.25) is 0 Å². The van der Waals surface area contributed by atoms with Gasteiger partial charge in [0.2, 0.25) is 0 Å². The Hall–Kier alpha value is -1.77. The van der Waals surface area contributed by atoms with Gasteiger partial charge in [0.05, 0.1) is 17.1 Å². The largest absolute Gasteiger partial charge is 0.386 e. The Balaban J connectivity index is 1.64. The van der Waals surface area contributed by atoms with Gasteiger partial charge in [-0.1, -0.05) is 32.1 Å². The zero-order valence-corrected chi connectivity index (χ0v) is 12.9. The Kier molecular flexibility index (Phi) is 4.59. The molecule has 0 radical (unpaired) electrons. The smallest absolute Gasteiger partial charge is 0.0875 e. The van der Waals surface area contributed by atoms with Crippen LogP contribution in [0.4, 0.5) is 0 Å². The third kappa shape index (κ3) is 3.66. The monoisotopic (exact) mass is 283 g/mol. The lowest BCUT2D eigenvalue weighted by molar-refractivity contribution is 0.419. The lowest BCUT2D eigenvalue weighted by Crippen LogP contribution is -2.25. The fourth-order valence-corrected chi connectivity index (χ4v) is 3.12. The Morgan fingerprint density at radius 1 is 1.19 bits per heavy atom. The molecule has 3 heteroatoms. The minimum absolute atomic E-state index is 0.621. The molecule has 3 rings (SSSR count). The molecule has 0 aromatic carbocycles. The quantitative estimate of drug-likeness (QED) is 0.852. The van der Waals surface area contributed by atoms with Gasteiger partial charge < -0.3 is 10.3 Å². The number of aliphatic imine (C=N–C) groups is 1. The number of rotatable bonds is 3. The summed E-state index contributed by atoms with van der Waals surface area (Å²) in [6.45, 7) is 2.13. The Morgan fingerprint density at radius 3 is 2.67 bits per heavy atom. The second-order valence-corrected chi connectivity index (χ2v) is 6.15. The average molecular weight is 283 g/mol. The zero-order valence-electron chi connectivity index (χ0n) is 12.9. The summed E-state index contributed by atoms with van der Waals surface area (Å²) in [5.41, 5.74) is 4.42. The van der Waals surface area contributed by atoms with E-state index >= 15 is 0 Å². The average Bonchev–Trinajstić information content (AvgIpc) is 3.07. The van der Waals surface area contributed by atoms with E-state index in [-0.39, 0.29) is 0 Å². The second-order valence-electron chi connectivity index (χ2n) is 6.15. The normalized spacial score (nSPS) is 22.6. The molecule has 1 fully saturated rings. The van der Waals surface area contributed by atoms with Gasteiger partial charge in [0.15, 0.2) is 0 Å². The predicted octanol–water partition coefficient (Wildman–Crippen LogP) is 4.31. The van der Waals surface area contributed by atoms with E-state index in [1.54, 1.807) is 0 Å². The van der Waals surface area contributed by atoms with Crippen LogP contribution in [-0.2, 0) is 0 Å². The van der Waals surface area contributed by atoms with Gasteiger partial charge in [-0.25, -0.2) is 4.99 Å². The van der Waals surface area contributed by atoms with Crippen molar-refractivity contribution in [3.63, 3.8) is 0 Å². The molecule has 2 N–H and O–H groups in total. The van der Waals surface area contributed by atoms with E-state index in [9.17, 15) is 0 Å². The van der Waals surface area contributed by atoms with Gasteiger partial charge in [-0.15, -0.1) is 0 Å². The molecular formula is C18H25N3.